The molecular weight excluding hydrogens is 384 g/mol. The van der Waals surface area contributed by atoms with Gasteiger partial charge in [0.25, 0.3) is 5.91 Å². The number of aromatic nitrogens is 3. The zero-order valence-corrected chi connectivity index (χ0v) is 17.2. The third-order valence-corrected chi connectivity index (χ3v) is 5.09. The van der Waals surface area contributed by atoms with E-state index in [0.717, 1.165) is 17.1 Å². The van der Waals surface area contributed by atoms with Crippen LogP contribution in [0.1, 0.15) is 27.7 Å². The van der Waals surface area contributed by atoms with E-state index in [4.69, 9.17) is 4.42 Å². The number of hydrogen-bond donors (Lipinski definition) is 2. The Labute approximate surface area is 174 Å². The van der Waals surface area contributed by atoms with Crippen LogP contribution in [0.2, 0.25) is 0 Å². The molecule has 3 amide bonds. The fraction of sp³-hybridized carbons (Fsp3) is 0.333. The first-order valence-electron chi connectivity index (χ1n) is 9.82. The van der Waals surface area contributed by atoms with Crippen molar-refractivity contribution in [3.05, 3.63) is 53.2 Å². The molecule has 156 valence electrons. The first kappa shape index (κ1) is 19.7. The van der Waals surface area contributed by atoms with E-state index >= 15 is 0 Å². The molecule has 0 aliphatic carbocycles. The van der Waals surface area contributed by atoms with Crippen molar-refractivity contribution in [2.75, 3.05) is 31.5 Å². The fourth-order valence-electron chi connectivity index (χ4n) is 3.54. The summed E-state index contributed by atoms with van der Waals surface area (Å²) in [5.41, 5.74) is 2.07. The number of aromatic amines is 1. The summed E-state index contributed by atoms with van der Waals surface area (Å²) in [5, 5.41) is 9.88. The Morgan fingerprint density at radius 3 is 2.43 bits per heavy atom. The lowest BCUT2D eigenvalue weighted by Gasteiger charge is -2.34. The molecule has 3 aromatic rings. The number of urea groups is 1. The summed E-state index contributed by atoms with van der Waals surface area (Å²) in [6, 6.07) is 8.97. The smallest absolute Gasteiger partial charge is 0.321 e. The summed E-state index contributed by atoms with van der Waals surface area (Å²) in [6.45, 7) is 7.34. The maximum atomic E-state index is 12.7. The second kappa shape index (κ2) is 8.02. The van der Waals surface area contributed by atoms with Gasteiger partial charge in [0.15, 0.2) is 5.82 Å². The number of benzene rings is 1. The third kappa shape index (κ3) is 4.05. The molecule has 1 fully saturated rings. The Balaban J connectivity index is 1.36. The molecule has 2 N–H and O–H groups in total. The highest BCUT2D eigenvalue weighted by atomic mass is 16.3. The van der Waals surface area contributed by atoms with E-state index in [-0.39, 0.29) is 11.9 Å². The molecule has 9 nitrogen and oxygen atoms in total. The summed E-state index contributed by atoms with van der Waals surface area (Å²) in [5.74, 6) is 2.60. The number of piperazine rings is 1. The minimum Gasteiger partial charge on any atom is -0.466 e. The molecule has 0 saturated carbocycles. The summed E-state index contributed by atoms with van der Waals surface area (Å²) in [6.07, 6.45) is 0. The molecule has 0 radical (unpaired) electrons. The minimum absolute atomic E-state index is 0.0566. The van der Waals surface area contributed by atoms with Crippen LogP contribution < -0.4 is 5.32 Å². The van der Waals surface area contributed by atoms with Crippen molar-refractivity contribution in [1.82, 2.24) is 25.0 Å². The van der Waals surface area contributed by atoms with Crippen LogP contribution in [0.25, 0.3) is 11.4 Å². The molecule has 2 aromatic heterocycles. The number of carbonyl (C=O) groups is 2. The number of anilines is 1. The highest BCUT2D eigenvalue weighted by molar-refractivity contribution is 5.95. The van der Waals surface area contributed by atoms with Gasteiger partial charge < -0.3 is 19.5 Å². The third-order valence-electron chi connectivity index (χ3n) is 5.09. The number of carbonyl (C=O) groups excluding carboxylic acids is 2. The second-order valence-electron chi connectivity index (χ2n) is 7.36. The van der Waals surface area contributed by atoms with Crippen LogP contribution in [0.3, 0.4) is 0 Å². The largest absolute Gasteiger partial charge is 0.466 e. The maximum absolute atomic E-state index is 12.7. The molecule has 0 atom stereocenters. The molecule has 1 aliphatic heterocycles. The molecular formula is C21H24N6O3. The summed E-state index contributed by atoms with van der Waals surface area (Å²) in [4.78, 5) is 33.2. The standard InChI is InChI=1S/C21H24N6O3/c1-13-11-18(14(2)30-13)20(28)26-7-9-27(10-8-26)21(29)23-17-6-4-5-16(12-17)19-22-15(3)24-25-19/h4-6,11-12H,7-10H2,1-3H3,(H,23,29)(H,22,24,25). The van der Waals surface area contributed by atoms with E-state index in [1.807, 2.05) is 38.1 Å². The summed E-state index contributed by atoms with van der Waals surface area (Å²) in [7, 11) is 0. The molecule has 1 aliphatic rings. The molecule has 3 heterocycles. The molecule has 0 unspecified atom stereocenters. The van der Waals surface area contributed by atoms with Gasteiger partial charge in [0.2, 0.25) is 0 Å². The maximum Gasteiger partial charge on any atom is 0.321 e. The Kier molecular flexibility index (Phi) is 5.26. The number of nitrogens with one attached hydrogen (secondary N) is 2. The molecule has 0 spiro atoms. The van der Waals surface area contributed by atoms with E-state index in [0.29, 0.717) is 49.0 Å². The van der Waals surface area contributed by atoms with E-state index in [2.05, 4.69) is 20.5 Å². The Bertz CT molecular complexity index is 1080. The van der Waals surface area contributed by atoms with Gasteiger partial charge in [-0.1, -0.05) is 12.1 Å². The summed E-state index contributed by atoms with van der Waals surface area (Å²) < 4.78 is 5.46. The van der Waals surface area contributed by atoms with Gasteiger partial charge in [-0.15, -0.1) is 0 Å². The molecule has 1 aromatic carbocycles. The van der Waals surface area contributed by atoms with Crippen molar-refractivity contribution < 1.29 is 14.0 Å². The molecule has 1 saturated heterocycles. The van der Waals surface area contributed by atoms with Crippen molar-refractivity contribution in [2.24, 2.45) is 0 Å². The van der Waals surface area contributed by atoms with Crippen LogP contribution in [0.15, 0.2) is 34.7 Å². The van der Waals surface area contributed by atoms with Crippen LogP contribution in [0.5, 0.6) is 0 Å². The number of nitrogens with zero attached hydrogens (tertiary/aromatic N) is 4. The van der Waals surface area contributed by atoms with Gasteiger partial charge in [-0.25, -0.2) is 9.78 Å². The number of H-pyrrole nitrogens is 1. The highest BCUT2D eigenvalue weighted by Crippen LogP contribution is 2.20. The van der Waals surface area contributed by atoms with E-state index in [9.17, 15) is 9.59 Å². The van der Waals surface area contributed by atoms with Crippen molar-refractivity contribution in [3.8, 4) is 11.4 Å². The zero-order valence-electron chi connectivity index (χ0n) is 17.2. The van der Waals surface area contributed by atoms with Gasteiger partial charge in [0.05, 0.1) is 5.56 Å². The minimum atomic E-state index is -0.194. The average Bonchev–Trinajstić information content (AvgIpc) is 3.32. The number of amides is 3. The zero-order chi connectivity index (χ0) is 21.3. The van der Waals surface area contributed by atoms with Crippen LogP contribution in [-0.4, -0.2) is 63.1 Å². The van der Waals surface area contributed by atoms with E-state index in [1.165, 1.54) is 0 Å². The van der Waals surface area contributed by atoms with Crippen molar-refractivity contribution >= 4 is 17.6 Å². The molecule has 30 heavy (non-hydrogen) atoms. The van der Waals surface area contributed by atoms with Crippen molar-refractivity contribution in [2.45, 2.75) is 20.8 Å². The fourth-order valence-corrected chi connectivity index (χ4v) is 3.54. The number of hydrogen-bond acceptors (Lipinski definition) is 5. The van der Waals surface area contributed by atoms with Gasteiger partial charge in [-0.05, 0) is 39.0 Å². The lowest BCUT2D eigenvalue weighted by Crippen LogP contribution is -2.51. The van der Waals surface area contributed by atoms with Gasteiger partial charge in [0.1, 0.15) is 17.3 Å². The highest BCUT2D eigenvalue weighted by Gasteiger charge is 2.27. The van der Waals surface area contributed by atoms with Crippen molar-refractivity contribution in [3.63, 3.8) is 0 Å². The van der Waals surface area contributed by atoms with Gasteiger partial charge in [-0.3, -0.25) is 9.89 Å². The molecule has 0 bridgehead atoms. The SMILES string of the molecule is Cc1nc(-c2cccc(NC(=O)N3CCN(C(=O)c4cc(C)oc4C)CC3)c2)n[nH]1. The predicted molar refractivity (Wildman–Crippen MR) is 111 cm³/mol. The van der Waals surface area contributed by atoms with Crippen LogP contribution in [0, 0.1) is 20.8 Å². The van der Waals surface area contributed by atoms with Crippen molar-refractivity contribution in [1.29, 1.82) is 0 Å². The molecule has 9 heteroatoms. The van der Waals surface area contributed by atoms with Gasteiger partial charge >= 0.3 is 6.03 Å². The second-order valence-corrected chi connectivity index (χ2v) is 7.36. The normalized spacial score (nSPS) is 14.1. The average molecular weight is 408 g/mol. The summed E-state index contributed by atoms with van der Waals surface area (Å²) >= 11 is 0. The Morgan fingerprint density at radius 1 is 1.07 bits per heavy atom. The lowest BCUT2D eigenvalue weighted by molar-refractivity contribution is 0.0670. The Hall–Kier alpha value is -3.62. The van der Waals surface area contributed by atoms with Crippen LogP contribution in [0.4, 0.5) is 10.5 Å². The number of rotatable bonds is 3. The van der Waals surface area contributed by atoms with Crippen LogP contribution in [-0.2, 0) is 0 Å². The number of aryl methyl sites for hydroxylation is 3. The lowest BCUT2D eigenvalue weighted by atomic mass is 10.2. The first-order chi connectivity index (χ1) is 14.4. The topological polar surface area (TPSA) is 107 Å². The van der Waals surface area contributed by atoms with Crippen LogP contribution >= 0.6 is 0 Å². The number of furan rings is 1. The van der Waals surface area contributed by atoms with E-state index in [1.54, 1.807) is 22.8 Å². The Morgan fingerprint density at radius 2 is 1.80 bits per heavy atom. The van der Waals surface area contributed by atoms with E-state index < -0.39 is 0 Å². The molecule has 4 rings (SSSR count). The predicted octanol–water partition coefficient (Wildman–Crippen LogP) is 2.98. The monoisotopic (exact) mass is 408 g/mol. The van der Waals surface area contributed by atoms with Gasteiger partial charge in [-0.2, -0.15) is 5.10 Å². The first-order valence-corrected chi connectivity index (χ1v) is 9.82. The quantitative estimate of drug-likeness (QED) is 0.693. The van der Waals surface area contributed by atoms with Gasteiger partial charge in [0, 0.05) is 37.4 Å².